The van der Waals surface area contributed by atoms with E-state index in [1.807, 2.05) is 24.1 Å². The summed E-state index contributed by atoms with van der Waals surface area (Å²) in [6.07, 6.45) is 6.22. The first-order valence-corrected chi connectivity index (χ1v) is 6.31. The van der Waals surface area contributed by atoms with Gasteiger partial charge in [0.2, 0.25) is 0 Å². The molecule has 0 N–H and O–H groups in total. The van der Waals surface area contributed by atoms with Gasteiger partial charge in [-0.05, 0) is 19.9 Å². The lowest BCUT2D eigenvalue weighted by molar-refractivity contribution is 0.295. The Balaban J connectivity index is 1.59. The van der Waals surface area contributed by atoms with Gasteiger partial charge >= 0.3 is 0 Å². The van der Waals surface area contributed by atoms with Crippen molar-refractivity contribution in [1.82, 2.24) is 19.6 Å². The van der Waals surface area contributed by atoms with Crippen LogP contribution in [0.3, 0.4) is 0 Å². The molecule has 96 valence electrons. The largest absolute Gasteiger partial charge is 0.361 e. The normalized spacial score (nSPS) is 15.5. The number of nitrogens with zero attached hydrogens (tertiary/aromatic N) is 4. The van der Waals surface area contributed by atoms with Crippen LogP contribution in [-0.2, 0) is 20.1 Å². The van der Waals surface area contributed by atoms with Crippen LogP contribution in [0.1, 0.15) is 35.9 Å². The molecule has 0 atom stereocenters. The topological polar surface area (TPSA) is 47.1 Å². The molecule has 1 aliphatic carbocycles. The smallest absolute Gasteiger partial charge is 0.140 e. The third-order valence-electron chi connectivity index (χ3n) is 3.34. The molecule has 0 saturated heterocycles. The van der Waals surface area contributed by atoms with Crippen molar-refractivity contribution in [3.63, 3.8) is 0 Å². The number of hydrogen-bond acceptors (Lipinski definition) is 4. The predicted octanol–water partition coefficient (Wildman–Crippen LogP) is 1.92. The van der Waals surface area contributed by atoms with E-state index in [-0.39, 0.29) is 0 Å². The zero-order chi connectivity index (χ0) is 12.5. The van der Waals surface area contributed by atoms with E-state index in [1.165, 1.54) is 18.5 Å². The van der Waals surface area contributed by atoms with Crippen LogP contribution in [0.15, 0.2) is 23.1 Å². The molecule has 1 fully saturated rings. The molecule has 2 aromatic rings. The maximum atomic E-state index is 5.35. The van der Waals surface area contributed by atoms with E-state index in [4.69, 9.17) is 4.52 Å². The van der Waals surface area contributed by atoms with Gasteiger partial charge in [0.1, 0.15) is 5.76 Å². The highest BCUT2D eigenvalue weighted by molar-refractivity contribution is 5.14. The van der Waals surface area contributed by atoms with Gasteiger partial charge in [-0.15, -0.1) is 0 Å². The first kappa shape index (κ1) is 11.5. The first-order chi connectivity index (χ1) is 8.72. The minimum Gasteiger partial charge on any atom is -0.361 e. The van der Waals surface area contributed by atoms with Crippen LogP contribution in [0.2, 0.25) is 0 Å². The Bertz CT molecular complexity index is 527. The summed E-state index contributed by atoms with van der Waals surface area (Å²) in [6, 6.07) is 2.09. The fourth-order valence-electron chi connectivity index (χ4n) is 2.11. The van der Waals surface area contributed by atoms with Crippen LogP contribution in [0.25, 0.3) is 0 Å². The van der Waals surface area contributed by atoms with Crippen molar-refractivity contribution < 1.29 is 4.52 Å². The molecule has 0 aromatic carbocycles. The van der Waals surface area contributed by atoms with Crippen molar-refractivity contribution in [3.8, 4) is 0 Å². The molecule has 0 bridgehead atoms. The van der Waals surface area contributed by atoms with Crippen molar-refractivity contribution in [3.05, 3.63) is 35.7 Å². The lowest BCUT2D eigenvalue weighted by Gasteiger charge is -2.14. The van der Waals surface area contributed by atoms with Gasteiger partial charge in [0.05, 0.1) is 17.7 Å². The van der Waals surface area contributed by atoms with Crippen LogP contribution in [0.4, 0.5) is 0 Å². The Morgan fingerprint density at radius 2 is 2.28 bits per heavy atom. The molecule has 0 radical (unpaired) electrons. The predicted molar refractivity (Wildman–Crippen MR) is 66.9 cm³/mol. The molecular formula is C13H18N4O. The van der Waals surface area contributed by atoms with Crippen molar-refractivity contribution in [2.45, 2.75) is 31.8 Å². The summed E-state index contributed by atoms with van der Waals surface area (Å²) < 4.78 is 7.39. The third-order valence-corrected chi connectivity index (χ3v) is 3.34. The van der Waals surface area contributed by atoms with Gasteiger partial charge in [0.15, 0.2) is 0 Å². The highest BCUT2D eigenvalue weighted by atomic mass is 16.5. The second-order valence-corrected chi connectivity index (χ2v) is 5.16. The Morgan fingerprint density at radius 1 is 1.44 bits per heavy atom. The minimum atomic E-state index is 0.633. The fourth-order valence-corrected chi connectivity index (χ4v) is 2.11. The van der Waals surface area contributed by atoms with Crippen LogP contribution in [-0.4, -0.2) is 26.7 Å². The molecule has 0 spiro atoms. The van der Waals surface area contributed by atoms with E-state index in [1.54, 1.807) is 0 Å². The molecule has 18 heavy (non-hydrogen) atoms. The molecule has 5 nitrogen and oxygen atoms in total. The second kappa shape index (κ2) is 4.57. The van der Waals surface area contributed by atoms with Crippen LogP contribution in [0, 0.1) is 0 Å². The van der Waals surface area contributed by atoms with Gasteiger partial charge in [-0.3, -0.25) is 4.90 Å². The van der Waals surface area contributed by atoms with Gasteiger partial charge in [-0.1, -0.05) is 5.16 Å². The number of aryl methyl sites for hydroxylation is 1. The molecule has 2 aromatic heterocycles. The lowest BCUT2D eigenvalue weighted by atomic mass is 10.3. The molecule has 1 saturated carbocycles. The van der Waals surface area contributed by atoms with E-state index in [9.17, 15) is 0 Å². The Morgan fingerprint density at radius 3 is 2.94 bits per heavy atom. The highest BCUT2D eigenvalue weighted by Crippen LogP contribution is 2.40. The standard InChI is InChI=1S/C13H18N4O/c1-16(8-12-6-14-9-17(12)2)7-11-5-13(18-15-11)10-3-4-10/h5-6,9-10H,3-4,7-8H2,1-2H3. The fraction of sp³-hybridized carbons (Fsp3) is 0.538. The summed E-state index contributed by atoms with van der Waals surface area (Å²) >= 11 is 0. The number of aromatic nitrogens is 3. The number of rotatable bonds is 5. The Hall–Kier alpha value is -1.62. The first-order valence-electron chi connectivity index (χ1n) is 6.31. The summed E-state index contributed by atoms with van der Waals surface area (Å²) in [5.74, 6) is 1.69. The van der Waals surface area contributed by atoms with Gasteiger partial charge in [0, 0.05) is 38.3 Å². The van der Waals surface area contributed by atoms with Crippen LogP contribution >= 0.6 is 0 Å². The average molecular weight is 246 g/mol. The molecule has 0 amide bonds. The van der Waals surface area contributed by atoms with Crippen molar-refractivity contribution in [2.75, 3.05) is 7.05 Å². The molecule has 0 aliphatic heterocycles. The lowest BCUT2D eigenvalue weighted by Crippen LogP contribution is -2.18. The maximum absolute atomic E-state index is 5.35. The number of hydrogen-bond donors (Lipinski definition) is 0. The van der Waals surface area contributed by atoms with E-state index < -0.39 is 0 Å². The Labute approximate surface area is 106 Å². The van der Waals surface area contributed by atoms with Gasteiger partial charge in [-0.2, -0.15) is 0 Å². The molecular weight excluding hydrogens is 228 g/mol. The van der Waals surface area contributed by atoms with Gasteiger partial charge in [-0.25, -0.2) is 4.98 Å². The summed E-state index contributed by atoms with van der Waals surface area (Å²) in [6.45, 7) is 1.67. The highest BCUT2D eigenvalue weighted by Gasteiger charge is 2.27. The summed E-state index contributed by atoms with van der Waals surface area (Å²) in [7, 11) is 4.09. The van der Waals surface area contributed by atoms with Crippen molar-refractivity contribution >= 4 is 0 Å². The minimum absolute atomic E-state index is 0.633. The molecule has 2 heterocycles. The summed E-state index contributed by atoms with van der Waals surface area (Å²) in [5.41, 5.74) is 2.21. The molecule has 0 unspecified atom stereocenters. The van der Waals surface area contributed by atoms with E-state index >= 15 is 0 Å². The third kappa shape index (κ3) is 2.46. The van der Waals surface area contributed by atoms with E-state index in [0.717, 1.165) is 24.5 Å². The Kier molecular flexibility index (Phi) is 2.91. The molecule has 5 heteroatoms. The zero-order valence-electron chi connectivity index (χ0n) is 10.8. The monoisotopic (exact) mass is 246 g/mol. The van der Waals surface area contributed by atoms with E-state index in [2.05, 4.69) is 28.2 Å². The van der Waals surface area contributed by atoms with Crippen molar-refractivity contribution in [2.24, 2.45) is 7.05 Å². The van der Waals surface area contributed by atoms with Gasteiger partial charge in [0.25, 0.3) is 0 Å². The molecule has 3 rings (SSSR count). The average Bonchev–Trinajstić information content (AvgIpc) is 2.97. The summed E-state index contributed by atoms with van der Waals surface area (Å²) in [5, 5.41) is 4.13. The van der Waals surface area contributed by atoms with E-state index in [0.29, 0.717) is 5.92 Å². The van der Waals surface area contributed by atoms with Crippen molar-refractivity contribution in [1.29, 1.82) is 0 Å². The van der Waals surface area contributed by atoms with Crippen LogP contribution in [0.5, 0.6) is 0 Å². The maximum Gasteiger partial charge on any atom is 0.140 e. The van der Waals surface area contributed by atoms with Gasteiger partial charge < -0.3 is 9.09 Å². The summed E-state index contributed by atoms with van der Waals surface area (Å²) in [4.78, 5) is 6.33. The second-order valence-electron chi connectivity index (χ2n) is 5.16. The number of imidazole rings is 1. The zero-order valence-corrected chi connectivity index (χ0v) is 10.8. The van der Waals surface area contributed by atoms with Crippen LogP contribution < -0.4 is 0 Å². The molecule has 1 aliphatic rings. The SMILES string of the molecule is CN(Cc1cc(C2CC2)on1)Cc1cncn1C. The quantitative estimate of drug-likeness (QED) is 0.808.